The van der Waals surface area contributed by atoms with Gasteiger partial charge in [-0.1, -0.05) is 35.5 Å². The van der Waals surface area contributed by atoms with Crippen molar-refractivity contribution in [3.8, 4) is 11.4 Å². The second-order valence-corrected chi connectivity index (χ2v) is 8.34. The molecule has 0 aliphatic carbocycles. The van der Waals surface area contributed by atoms with Crippen molar-refractivity contribution in [1.29, 1.82) is 0 Å². The molecule has 0 amide bonds. The minimum Gasteiger partial charge on any atom is -0.456 e. The lowest BCUT2D eigenvalue weighted by atomic mass is 10.1. The van der Waals surface area contributed by atoms with E-state index < -0.39 is 16.0 Å². The summed E-state index contributed by atoms with van der Waals surface area (Å²) in [5.41, 5.74) is 0.673. The molecule has 0 bridgehead atoms. The number of rotatable bonds is 8. The lowest BCUT2D eigenvalue weighted by molar-refractivity contribution is -0.145. The lowest BCUT2D eigenvalue weighted by Crippen LogP contribution is -2.26. The molecule has 10 heteroatoms. The molecule has 31 heavy (non-hydrogen) atoms. The Morgan fingerprint density at radius 1 is 1.06 bits per heavy atom. The Labute approximate surface area is 178 Å². The standard InChI is InChI=1S/C21H18N4O5S/c26-20(29-14-19-24-21(25-30-19)17-6-3-10-22-13-17)9-11-23-31(27,28)18-8-7-15-4-1-2-5-16(15)12-18/h1-8,10,12-13,23H,9,11,14H2. The molecule has 0 aliphatic rings. The Morgan fingerprint density at radius 3 is 2.71 bits per heavy atom. The predicted molar refractivity (Wildman–Crippen MR) is 111 cm³/mol. The van der Waals surface area contributed by atoms with Gasteiger partial charge < -0.3 is 9.26 Å². The second kappa shape index (κ2) is 9.02. The number of benzene rings is 2. The third-order valence-corrected chi connectivity index (χ3v) is 5.86. The van der Waals surface area contributed by atoms with Crippen molar-refractivity contribution in [1.82, 2.24) is 19.8 Å². The van der Waals surface area contributed by atoms with Gasteiger partial charge in [0, 0.05) is 24.5 Å². The summed E-state index contributed by atoms with van der Waals surface area (Å²) < 4.78 is 37.5. The number of esters is 1. The van der Waals surface area contributed by atoms with Gasteiger partial charge in [-0.3, -0.25) is 9.78 Å². The van der Waals surface area contributed by atoms with Crippen molar-refractivity contribution in [3.05, 3.63) is 72.9 Å². The van der Waals surface area contributed by atoms with Gasteiger partial charge in [0.15, 0.2) is 6.61 Å². The van der Waals surface area contributed by atoms with Crippen LogP contribution in [-0.2, 0) is 26.2 Å². The zero-order valence-corrected chi connectivity index (χ0v) is 17.1. The Bertz CT molecular complexity index is 1310. The molecular formula is C21H18N4O5S. The largest absolute Gasteiger partial charge is 0.456 e. The summed E-state index contributed by atoms with van der Waals surface area (Å²) in [7, 11) is -3.75. The molecule has 0 atom stereocenters. The van der Waals surface area contributed by atoms with Crippen LogP contribution in [-0.4, -0.2) is 36.1 Å². The lowest BCUT2D eigenvalue weighted by Gasteiger charge is -2.08. The van der Waals surface area contributed by atoms with E-state index in [1.165, 1.54) is 6.07 Å². The minimum absolute atomic E-state index is 0.0985. The van der Waals surface area contributed by atoms with E-state index in [1.54, 1.807) is 36.7 Å². The average molecular weight is 438 g/mol. The van der Waals surface area contributed by atoms with Gasteiger partial charge in [0.2, 0.25) is 15.8 Å². The van der Waals surface area contributed by atoms with Crippen LogP contribution in [0.2, 0.25) is 0 Å². The Balaban J connectivity index is 1.27. The highest BCUT2D eigenvalue weighted by Gasteiger charge is 2.16. The molecule has 9 nitrogen and oxygen atoms in total. The Kier molecular flexibility index (Phi) is 6.01. The molecule has 158 valence electrons. The molecule has 2 aromatic carbocycles. The normalized spacial score (nSPS) is 11.5. The van der Waals surface area contributed by atoms with Crippen LogP contribution in [0.1, 0.15) is 12.3 Å². The van der Waals surface area contributed by atoms with Gasteiger partial charge in [0.1, 0.15) is 0 Å². The summed E-state index contributed by atoms with van der Waals surface area (Å²) in [5, 5.41) is 5.56. The summed E-state index contributed by atoms with van der Waals surface area (Å²) in [6.07, 6.45) is 3.07. The van der Waals surface area contributed by atoms with Crippen molar-refractivity contribution >= 4 is 26.8 Å². The first kappa shape index (κ1) is 20.6. The number of carbonyl (C=O) groups excluding carboxylic acids is 1. The first-order chi connectivity index (χ1) is 15.0. The van der Waals surface area contributed by atoms with E-state index in [0.717, 1.165) is 10.8 Å². The molecule has 2 aromatic heterocycles. The van der Waals surface area contributed by atoms with Gasteiger partial charge in [0.25, 0.3) is 5.89 Å². The smallest absolute Gasteiger partial charge is 0.307 e. The van der Waals surface area contributed by atoms with E-state index in [9.17, 15) is 13.2 Å². The number of aromatic nitrogens is 3. The van der Waals surface area contributed by atoms with Crippen LogP contribution in [0.25, 0.3) is 22.2 Å². The van der Waals surface area contributed by atoms with Crippen molar-refractivity contribution in [2.24, 2.45) is 0 Å². The van der Waals surface area contributed by atoms with E-state index in [2.05, 4.69) is 19.8 Å². The molecule has 0 fully saturated rings. The summed E-state index contributed by atoms with van der Waals surface area (Å²) in [6, 6.07) is 15.8. The van der Waals surface area contributed by atoms with E-state index in [-0.39, 0.29) is 30.4 Å². The summed E-state index contributed by atoms with van der Waals surface area (Å²) in [6.45, 7) is -0.303. The number of ether oxygens (including phenoxy) is 1. The molecule has 0 spiro atoms. The number of nitrogens with zero attached hydrogens (tertiary/aromatic N) is 3. The topological polar surface area (TPSA) is 124 Å². The highest BCUT2D eigenvalue weighted by atomic mass is 32.2. The highest BCUT2D eigenvalue weighted by molar-refractivity contribution is 7.89. The van der Waals surface area contributed by atoms with Crippen LogP contribution in [0.15, 0.2) is 76.4 Å². The van der Waals surface area contributed by atoms with E-state index in [4.69, 9.17) is 9.26 Å². The van der Waals surface area contributed by atoms with Crippen LogP contribution in [0.4, 0.5) is 0 Å². The number of nitrogens with one attached hydrogen (secondary N) is 1. The minimum atomic E-state index is -3.75. The van der Waals surface area contributed by atoms with Gasteiger partial charge >= 0.3 is 5.97 Å². The van der Waals surface area contributed by atoms with Crippen LogP contribution in [0.3, 0.4) is 0 Å². The quantitative estimate of drug-likeness (QED) is 0.416. The summed E-state index contributed by atoms with van der Waals surface area (Å²) in [5.74, 6) is -0.131. The molecule has 1 N–H and O–H groups in total. The Hall–Kier alpha value is -3.63. The third kappa shape index (κ3) is 5.11. The van der Waals surface area contributed by atoms with Crippen LogP contribution in [0, 0.1) is 0 Å². The maximum atomic E-state index is 12.5. The van der Waals surface area contributed by atoms with Gasteiger partial charge in [-0.15, -0.1) is 0 Å². The van der Waals surface area contributed by atoms with Gasteiger partial charge in [0.05, 0.1) is 11.3 Å². The van der Waals surface area contributed by atoms with Gasteiger partial charge in [-0.05, 0) is 35.0 Å². The fourth-order valence-electron chi connectivity index (χ4n) is 2.85. The summed E-state index contributed by atoms with van der Waals surface area (Å²) >= 11 is 0. The molecule has 4 aromatic rings. The first-order valence-corrected chi connectivity index (χ1v) is 10.9. The van der Waals surface area contributed by atoms with Crippen molar-refractivity contribution in [2.45, 2.75) is 17.9 Å². The summed E-state index contributed by atoms with van der Waals surface area (Å²) in [4.78, 5) is 20.2. The number of carbonyl (C=O) groups is 1. The average Bonchev–Trinajstić information content (AvgIpc) is 3.27. The number of hydrogen-bond acceptors (Lipinski definition) is 8. The number of hydrogen-bond donors (Lipinski definition) is 1. The molecule has 0 saturated heterocycles. The van der Waals surface area contributed by atoms with E-state index >= 15 is 0 Å². The number of pyridine rings is 1. The first-order valence-electron chi connectivity index (χ1n) is 9.38. The number of sulfonamides is 1. The molecule has 0 aliphatic heterocycles. The molecule has 0 unspecified atom stereocenters. The van der Waals surface area contributed by atoms with Gasteiger partial charge in [-0.2, -0.15) is 4.98 Å². The van der Waals surface area contributed by atoms with Crippen LogP contribution >= 0.6 is 0 Å². The predicted octanol–water partition coefficient (Wildman–Crippen LogP) is 2.70. The molecule has 0 saturated carbocycles. The fourth-order valence-corrected chi connectivity index (χ4v) is 3.91. The molecular weight excluding hydrogens is 420 g/mol. The fraction of sp³-hybridized carbons (Fsp3) is 0.143. The SMILES string of the molecule is O=C(CCNS(=O)(=O)c1ccc2ccccc2c1)OCc1nc(-c2cccnc2)no1. The van der Waals surface area contributed by atoms with E-state index in [0.29, 0.717) is 11.4 Å². The third-order valence-electron chi connectivity index (χ3n) is 4.40. The number of fused-ring (bicyclic) bond motifs is 1. The second-order valence-electron chi connectivity index (χ2n) is 6.57. The van der Waals surface area contributed by atoms with Crippen molar-refractivity contribution < 1.29 is 22.5 Å². The maximum absolute atomic E-state index is 12.5. The van der Waals surface area contributed by atoms with Gasteiger partial charge in [-0.25, -0.2) is 13.1 Å². The van der Waals surface area contributed by atoms with Crippen molar-refractivity contribution in [3.63, 3.8) is 0 Å². The zero-order chi connectivity index (χ0) is 21.7. The van der Waals surface area contributed by atoms with Crippen LogP contribution in [0.5, 0.6) is 0 Å². The molecule has 2 heterocycles. The molecule has 4 rings (SSSR count). The monoisotopic (exact) mass is 438 g/mol. The maximum Gasteiger partial charge on any atom is 0.307 e. The zero-order valence-electron chi connectivity index (χ0n) is 16.3. The Morgan fingerprint density at radius 2 is 1.90 bits per heavy atom. The van der Waals surface area contributed by atoms with E-state index in [1.807, 2.05) is 24.3 Å². The van der Waals surface area contributed by atoms with Crippen molar-refractivity contribution in [2.75, 3.05) is 6.54 Å². The van der Waals surface area contributed by atoms with Crippen LogP contribution < -0.4 is 4.72 Å². The highest BCUT2D eigenvalue weighted by Crippen LogP contribution is 2.19. The molecule has 0 radical (unpaired) electrons.